The molecule has 2 nitrogen and oxygen atoms in total. The number of allylic oxidation sites excluding steroid dienone is 1. The summed E-state index contributed by atoms with van der Waals surface area (Å²) in [5, 5.41) is 0. The molecule has 190 valence electrons. The van der Waals surface area contributed by atoms with E-state index in [1.165, 1.54) is 30.3 Å². The second kappa shape index (κ2) is 10.9. The van der Waals surface area contributed by atoms with Crippen LogP contribution in [0.15, 0.2) is 60.4 Å². The van der Waals surface area contributed by atoms with Gasteiger partial charge >= 0.3 is 12.1 Å². The van der Waals surface area contributed by atoms with E-state index in [0.29, 0.717) is 18.4 Å². The molecule has 0 fully saturated rings. The number of hydrogen-bond donors (Lipinski definition) is 0. The Kier molecular flexibility index (Phi) is 8.17. The van der Waals surface area contributed by atoms with E-state index in [1.807, 2.05) is 6.92 Å². The van der Waals surface area contributed by atoms with Gasteiger partial charge in [0.25, 0.3) is 0 Å². The molecular formula is C26H18F8O2. The Morgan fingerprint density at radius 1 is 0.806 bits per heavy atom. The second-order valence-corrected chi connectivity index (χ2v) is 7.75. The summed E-state index contributed by atoms with van der Waals surface area (Å²) in [5.74, 6) is -9.09. The van der Waals surface area contributed by atoms with E-state index in [2.05, 4.69) is 0 Å². The van der Waals surface area contributed by atoms with Crippen molar-refractivity contribution < 1.29 is 44.7 Å². The van der Waals surface area contributed by atoms with E-state index in [1.54, 1.807) is 0 Å². The number of esters is 1. The lowest BCUT2D eigenvalue weighted by Gasteiger charge is -2.11. The summed E-state index contributed by atoms with van der Waals surface area (Å²) in [5.41, 5.74) is -2.35. The van der Waals surface area contributed by atoms with Gasteiger partial charge in [-0.25, -0.2) is 26.7 Å². The van der Waals surface area contributed by atoms with Gasteiger partial charge in [0.15, 0.2) is 17.4 Å². The molecule has 0 spiro atoms. The molecule has 0 N–H and O–H groups in total. The standard InChI is InChI=1S/C26H18F8O2/c1-2-3-4-18(27)24(31)15-7-5-14(6-8-15)16-9-10-22(19(28)11-16)36-25(35)17-12-20(29)23(21(30)13-17)26(32,33)34/h5-13H,2-4H2,1H3/b24-18+. The molecule has 0 atom stereocenters. The van der Waals surface area contributed by atoms with Gasteiger partial charge in [-0.3, -0.25) is 0 Å². The molecule has 0 aliphatic rings. The van der Waals surface area contributed by atoms with Crippen molar-refractivity contribution in [3.8, 4) is 16.9 Å². The lowest BCUT2D eigenvalue weighted by Crippen LogP contribution is -2.15. The smallest absolute Gasteiger partial charge is 0.420 e. The van der Waals surface area contributed by atoms with Crippen LogP contribution in [0.4, 0.5) is 35.1 Å². The first-order valence-electron chi connectivity index (χ1n) is 10.6. The molecule has 3 aromatic carbocycles. The van der Waals surface area contributed by atoms with Crippen LogP contribution < -0.4 is 4.74 Å². The predicted octanol–water partition coefficient (Wildman–Crippen LogP) is 8.81. The minimum absolute atomic E-state index is 0.00869. The maximum Gasteiger partial charge on any atom is 0.422 e. The van der Waals surface area contributed by atoms with Crippen LogP contribution in [-0.2, 0) is 6.18 Å². The Labute approximate surface area is 200 Å². The molecule has 0 radical (unpaired) electrons. The van der Waals surface area contributed by atoms with Gasteiger partial charge in [-0.05, 0) is 41.8 Å². The van der Waals surface area contributed by atoms with Crippen molar-refractivity contribution in [3.63, 3.8) is 0 Å². The second-order valence-electron chi connectivity index (χ2n) is 7.75. The summed E-state index contributed by atoms with van der Waals surface area (Å²) in [7, 11) is 0. The van der Waals surface area contributed by atoms with Crippen LogP contribution in [0, 0.1) is 17.5 Å². The quantitative estimate of drug-likeness (QED) is 0.179. The van der Waals surface area contributed by atoms with Gasteiger partial charge in [-0.2, -0.15) is 13.2 Å². The average Bonchev–Trinajstić information content (AvgIpc) is 2.82. The fraction of sp³-hybridized carbons (Fsp3) is 0.192. The third kappa shape index (κ3) is 6.10. The number of halogens is 8. The Hall–Kier alpha value is -3.69. The van der Waals surface area contributed by atoms with Crippen molar-refractivity contribution in [2.24, 2.45) is 0 Å². The lowest BCUT2D eigenvalue weighted by molar-refractivity contribution is -0.142. The summed E-state index contributed by atoms with van der Waals surface area (Å²) >= 11 is 0. The average molecular weight is 514 g/mol. The molecular weight excluding hydrogens is 496 g/mol. The molecule has 0 aliphatic carbocycles. The summed E-state index contributed by atoms with van der Waals surface area (Å²) in [6.07, 6.45) is -4.14. The van der Waals surface area contributed by atoms with Gasteiger partial charge in [-0.1, -0.05) is 43.7 Å². The van der Waals surface area contributed by atoms with Gasteiger partial charge in [0.05, 0.1) is 5.56 Å². The highest BCUT2D eigenvalue weighted by atomic mass is 19.4. The molecule has 0 saturated heterocycles. The van der Waals surface area contributed by atoms with Gasteiger partial charge in [0.1, 0.15) is 23.0 Å². The maximum atomic E-state index is 14.5. The van der Waals surface area contributed by atoms with E-state index in [-0.39, 0.29) is 29.7 Å². The number of hydrogen-bond acceptors (Lipinski definition) is 2. The van der Waals surface area contributed by atoms with Crippen molar-refractivity contribution in [2.75, 3.05) is 0 Å². The van der Waals surface area contributed by atoms with Crippen molar-refractivity contribution in [2.45, 2.75) is 32.4 Å². The van der Waals surface area contributed by atoms with Crippen LogP contribution in [0.3, 0.4) is 0 Å². The van der Waals surface area contributed by atoms with Crippen molar-refractivity contribution in [1.29, 1.82) is 0 Å². The zero-order valence-electron chi connectivity index (χ0n) is 18.7. The number of carbonyl (C=O) groups excluding carboxylic acids is 1. The predicted molar refractivity (Wildman–Crippen MR) is 117 cm³/mol. The van der Waals surface area contributed by atoms with Gasteiger partial charge in [0.2, 0.25) is 0 Å². The first kappa shape index (κ1) is 26.9. The fourth-order valence-electron chi connectivity index (χ4n) is 3.29. The molecule has 0 bridgehead atoms. The lowest BCUT2D eigenvalue weighted by atomic mass is 10.0. The summed E-state index contributed by atoms with van der Waals surface area (Å²) in [6, 6.07) is 9.07. The zero-order valence-corrected chi connectivity index (χ0v) is 18.7. The molecule has 0 aromatic heterocycles. The number of benzene rings is 3. The number of ether oxygens (including phenoxy) is 1. The van der Waals surface area contributed by atoms with E-state index >= 15 is 0 Å². The molecule has 36 heavy (non-hydrogen) atoms. The van der Waals surface area contributed by atoms with Crippen LogP contribution >= 0.6 is 0 Å². The first-order valence-corrected chi connectivity index (χ1v) is 10.6. The Morgan fingerprint density at radius 2 is 1.39 bits per heavy atom. The molecule has 0 saturated carbocycles. The Balaban J connectivity index is 1.78. The van der Waals surface area contributed by atoms with Crippen LogP contribution in [0.5, 0.6) is 5.75 Å². The van der Waals surface area contributed by atoms with Crippen molar-refractivity contribution in [1.82, 2.24) is 0 Å². The fourth-order valence-corrected chi connectivity index (χ4v) is 3.29. The Morgan fingerprint density at radius 3 is 1.92 bits per heavy atom. The van der Waals surface area contributed by atoms with Crippen molar-refractivity contribution >= 4 is 11.8 Å². The van der Waals surface area contributed by atoms with E-state index < -0.39 is 58.1 Å². The highest BCUT2D eigenvalue weighted by molar-refractivity contribution is 5.91. The largest absolute Gasteiger partial charge is 0.422 e. The van der Waals surface area contributed by atoms with Gasteiger partial charge in [0, 0.05) is 12.0 Å². The van der Waals surface area contributed by atoms with Crippen LogP contribution in [-0.4, -0.2) is 5.97 Å². The SMILES string of the molecule is CCCC/C(F)=C(\F)c1ccc(-c2ccc(OC(=O)c3cc(F)c(C(F)(F)F)c(F)c3)c(F)c2)cc1. The number of carbonyl (C=O) groups is 1. The molecule has 10 heteroatoms. The van der Waals surface area contributed by atoms with Crippen molar-refractivity contribution in [3.05, 3.63) is 94.6 Å². The molecule has 3 aromatic rings. The molecule has 3 rings (SSSR count). The topological polar surface area (TPSA) is 26.3 Å². The van der Waals surface area contributed by atoms with Crippen LogP contribution in [0.25, 0.3) is 17.0 Å². The summed E-state index contributed by atoms with van der Waals surface area (Å²) in [6.45, 7) is 1.85. The highest BCUT2D eigenvalue weighted by Gasteiger charge is 2.38. The van der Waals surface area contributed by atoms with E-state index in [0.717, 1.165) is 12.1 Å². The number of rotatable bonds is 7. The molecule has 0 amide bonds. The molecule has 0 unspecified atom stereocenters. The minimum Gasteiger partial charge on any atom is -0.420 e. The van der Waals surface area contributed by atoms with Gasteiger partial charge in [-0.15, -0.1) is 0 Å². The molecule has 0 heterocycles. The maximum absolute atomic E-state index is 14.5. The van der Waals surface area contributed by atoms with Gasteiger partial charge < -0.3 is 4.74 Å². The zero-order chi connectivity index (χ0) is 26.6. The van der Waals surface area contributed by atoms with E-state index in [9.17, 15) is 39.9 Å². The Bertz CT molecular complexity index is 1270. The summed E-state index contributed by atoms with van der Waals surface area (Å²) < 4.78 is 113. The number of alkyl halides is 3. The highest BCUT2D eigenvalue weighted by Crippen LogP contribution is 2.34. The minimum atomic E-state index is -5.32. The third-order valence-corrected chi connectivity index (χ3v) is 5.16. The van der Waals surface area contributed by atoms with Crippen LogP contribution in [0.2, 0.25) is 0 Å². The monoisotopic (exact) mass is 514 g/mol. The normalized spacial score (nSPS) is 12.4. The van der Waals surface area contributed by atoms with E-state index in [4.69, 9.17) is 4.74 Å². The number of unbranched alkanes of at least 4 members (excludes halogenated alkanes) is 1. The molecule has 0 aliphatic heterocycles. The van der Waals surface area contributed by atoms with Crippen LogP contribution in [0.1, 0.15) is 47.7 Å². The first-order chi connectivity index (χ1) is 16.9. The summed E-state index contributed by atoms with van der Waals surface area (Å²) in [4.78, 5) is 12.1. The third-order valence-electron chi connectivity index (χ3n) is 5.16.